The highest BCUT2D eigenvalue weighted by Crippen LogP contribution is 2.43. The van der Waals surface area contributed by atoms with Crippen molar-refractivity contribution in [3.05, 3.63) is 41.3 Å². The molecule has 0 radical (unpaired) electrons. The minimum Gasteiger partial charge on any atom is -0.495 e. The maximum absolute atomic E-state index is 13.6. The number of esters is 1. The number of rotatable bonds is 6. The Bertz CT molecular complexity index is 1250. The van der Waals surface area contributed by atoms with Gasteiger partial charge in [0.15, 0.2) is 0 Å². The van der Waals surface area contributed by atoms with Crippen LogP contribution in [-0.2, 0) is 14.8 Å². The van der Waals surface area contributed by atoms with Crippen LogP contribution >= 0.6 is 0 Å². The summed E-state index contributed by atoms with van der Waals surface area (Å²) in [6, 6.07) is 7.02. The Hall–Kier alpha value is -3.05. The van der Waals surface area contributed by atoms with E-state index in [4.69, 9.17) is 13.9 Å². The number of methoxy groups -OCH3 is 1. The van der Waals surface area contributed by atoms with Crippen molar-refractivity contribution in [3.8, 4) is 5.75 Å². The van der Waals surface area contributed by atoms with Crippen molar-refractivity contribution in [2.75, 3.05) is 45.2 Å². The first kappa shape index (κ1) is 26.0. The summed E-state index contributed by atoms with van der Waals surface area (Å²) in [6.07, 6.45) is 2.07. The van der Waals surface area contributed by atoms with E-state index in [1.807, 2.05) is 12.1 Å². The minimum absolute atomic E-state index is 0.0295. The van der Waals surface area contributed by atoms with Crippen LogP contribution in [0.3, 0.4) is 0 Å². The van der Waals surface area contributed by atoms with Crippen LogP contribution in [0.15, 0.2) is 33.6 Å². The smallest absolute Gasteiger partial charge is 0.343 e. The van der Waals surface area contributed by atoms with Crippen LogP contribution in [0.25, 0.3) is 0 Å². The van der Waals surface area contributed by atoms with Crippen molar-refractivity contribution >= 4 is 27.7 Å². The summed E-state index contributed by atoms with van der Waals surface area (Å²) < 4.78 is 44.6. The molecule has 3 heterocycles. The Balaban J connectivity index is 1.44. The molecule has 196 valence electrons. The number of nitrogens with zero attached hydrogens (tertiary/aromatic N) is 2. The normalized spacial score (nSPS) is 17.8. The average molecular weight is 520 g/mol. The van der Waals surface area contributed by atoms with Gasteiger partial charge in [0.25, 0.3) is 0 Å². The van der Waals surface area contributed by atoms with Crippen LogP contribution in [0.1, 0.15) is 48.1 Å². The molecule has 36 heavy (non-hydrogen) atoms. The Kier molecular flexibility index (Phi) is 7.33. The second-order valence-corrected chi connectivity index (χ2v) is 11.2. The number of piperidine rings is 1. The molecule has 0 aliphatic carbocycles. The second kappa shape index (κ2) is 10.1. The van der Waals surface area contributed by atoms with Gasteiger partial charge in [-0.25, -0.2) is 18.0 Å². The fourth-order valence-electron chi connectivity index (χ4n) is 5.18. The third kappa shape index (κ3) is 4.81. The molecule has 0 bridgehead atoms. The van der Waals surface area contributed by atoms with E-state index in [-0.39, 0.29) is 40.0 Å². The molecule has 1 aromatic carbocycles. The van der Waals surface area contributed by atoms with Crippen molar-refractivity contribution in [1.29, 1.82) is 0 Å². The Morgan fingerprint density at radius 3 is 2.42 bits per heavy atom. The molecule has 4 rings (SSSR count). The Morgan fingerprint density at radius 2 is 1.75 bits per heavy atom. The molecule has 0 saturated carbocycles. The molecule has 2 saturated heterocycles. The number of urea groups is 1. The first-order valence-corrected chi connectivity index (χ1v) is 13.5. The lowest BCUT2D eigenvalue weighted by Gasteiger charge is -2.39. The highest BCUT2D eigenvalue weighted by molar-refractivity contribution is 7.89. The van der Waals surface area contributed by atoms with Gasteiger partial charge in [-0.05, 0) is 57.6 Å². The first-order valence-electron chi connectivity index (χ1n) is 12.1. The van der Waals surface area contributed by atoms with Crippen molar-refractivity contribution in [2.45, 2.75) is 44.9 Å². The lowest BCUT2D eigenvalue weighted by molar-refractivity contribution is 0.0520. The van der Waals surface area contributed by atoms with Crippen LogP contribution in [-0.4, -0.2) is 69.5 Å². The van der Waals surface area contributed by atoms with Gasteiger partial charge in [0.1, 0.15) is 27.7 Å². The number of aryl methyl sites for hydroxylation is 2. The number of carbonyl (C=O) groups excluding carboxylic acids is 2. The van der Waals surface area contributed by atoms with Gasteiger partial charge in [0, 0.05) is 26.2 Å². The number of para-hydroxylation sites is 2. The number of benzene rings is 1. The third-order valence-electron chi connectivity index (χ3n) is 7.15. The first-order chi connectivity index (χ1) is 17.1. The number of carbonyl (C=O) groups is 2. The van der Waals surface area contributed by atoms with Gasteiger partial charge in [-0.1, -0.05) is 12.1 Å². The fraction of sp³-hybridized carbons (Fsp3) is 0.520. The lowest BCUT2D eigenvalue weighted by atomic mass is 9.78. The molecule has 2 aromatic rings. The van der Waals surface area contributed by atoms with Crippen molar-refractivity contribution in [3.63, 3.8) is 0 Å². The molecule has 11 heteroatoms. The zero-order valence-corrected chi connectivity index (χ0v) is 21.9. The molecule has 2 aliphatic heterocycles. The summed E-state index contributed by atoms with van der Waals surface area (Å²) in [5.74, 6) is 0.295. The number of furan rings is 1. The predicted molar refractivity (Wildman–Crippen MR) is 133 cm³/mol. The third-order valence-corrected chi connectivity index (χ3v) is 9.14. The predicted octanol–water partition coefficient (Wildman–Crippen LogP) is 3.79. The number of sulfonamides is 1. The molecule has 2 fully saturated rings. The van der Waals surface area contributed by atoms with Gasteiger partial charge in [-0.2, -0.15) is 4.31 Å². The summed E-state index contributed by atoms with van der Waals surface area (Å²) in [7, 11) is -2.41. The van der Waals surface area contributed by atoms with Crippen molar-refractivity contribution < 1.29 is 31.9 Å². The topological polar surface area (TPSA) is 118 Å². The van der Waals surface area contributed by atoms with Crippen molar-refractivity contribution in [1.82, 2.24) is 9.21 Å². The average Bonchev–Trinajstić information content (AvgIpc) is 3.40. The fourth-order valence-corrected chi connectivity index (χ4v) is 7.10. The van der Waals surface area contributed by atoms with E-state index >= 15 is 0 Å². The van der Waals surface area contributed by atoms with E-state index in [9.17, 15) is 18.0 Å². The molecule has 1 aromatic heterocycles. The molecule has 2 amide bonds. The molecule has 1 spiro atoms. The number of hydrogen-bond donors (Lipinski definition) is 1. The molecular formula is C25H33N3O7S. The molecule has 0 unspecified atom stereocenters. The van der Waals surface area contributed by atoms with Crippen LogP contribution in [0.2, 0.25) is 0 Å². The molecule has 10 nitrogen and oxygen atoms in total. The number of anilines is 1. The summed E-state index contributed by atoms with van der Waals surface area (Å²) in [6.45, 7) is 6.64. The van der Waals surface area contributed by atoms with E-state index in [0.29, 0.717) is 56.9 Å². The van der Waals surface area contributed by atoms with Crippen molar-refractivity contribution in [2.24, 2.45) is 5.41 Å². The largest absolute Gasteiger partial charge is 0.495 e. The maximum atomic E-state index is 13.6. The number of ether oxygens (including phenoxy) is 2. The number of amides is 2. The van der Waals surface area contributed by atoms with Gasteiger partial charge in [-0.3, -0.25) is 0 Å². The zero-order valence-electron chi connectivity index (χ0n) is 21.1. The van der Waals surface area contributed by atoms with Gasteiger partial charge in [0.05, 0.1) is 19.4 Å². The van der Waals surface area contributed by atoms with Gasteiger partial charge in [0.2, 0.25) is 10.0 Å². The van der Waals surface area contributed by atoms with Gasteiger partial charge in [-0.15, -0.1) is 0 Å². The van der Waals surface area contributed by atoms with Crippen LogP contribution in [0.4, 0.5) is 10.5 Å². The minimum atomic E-state index is -3.96. The van der Waals surface area contributed by atoms with Gasteiger partial charge < -0.3 is 24.1 Å². The van der Waals surface area contributed by atoms with E-state index in [0.717, 1.165) is 0 Å². The molecular weight excluding hydrogens is 486 g/mol. The quantitative estimate of drug-likeness (QED) is 0.577. The molecule has 1 N–H and O–H groups in total. The number of hydrogen-bond acceptors (Lipinski definition) is 7. The molecule has 2 aliphatic rings. The second-order valence-electron chi connectivity index (χ2n) is 9.35. The van der Waals surface area contributed by atoms with Crippen LogP contribution < -0.4 is 10.1 Å². The summed E-state index contributed by atoms with van der Waals surface area (Å²) in [4.78, 5) is 27.0. The number of nitrogens with one attached hydrogen (secondary N) is 1. The standard InChI is InChI=1S/C25H33N3O7S/c1-5-34-23(29)21-17(2)35-18(3)22(21)36(31,32)28-15-12-25(16-28)10-13-27(14-11-25)24(30)26-19-8-6-7-9-20(19)33-4/h6-9H,5,10-16H2,1-4H3,(H,26,30). The van der Waals surface area contributed by atoms with Crippen LogP contribution in [0.5, 0.6) is 5.75 Å². The summed E-state index contributed by atoms with van der Waals surface area (Å²) in [5.41, 5.74) is 0.357. The molecule has 0 atom stereocenters. The SMILES string of the molecule is CCOC(=O)c1c(C)oc(C)c1S(=O)(=O)N1CCC2(CCN(C(=O)Nc3ccccc3OC)CC2)C1. The van der Waals surface area contributed by atoms with Gasteiger partial charge >= 0.3 is 12.0 Å². The maximum Gasteiger partial charge on any atom is 0.343 e. The highest BCUT2D eigenvalue weighted by atomic mass is 32.2. The lowest BCUT2D eigenvalue weighted by Crippen LogP contribution is -2.46. The number of likely N-dealkylation sites (tertiary alicyclic amines) is 1. The monoisotopic (exact) mass is 519 g/mol. The van der Waals surface area contributed by atoms with E-state index < -0.39 is 16.0 Å². The van der Waals surface area contributed by atoms with Crippen LogP contribution in [0, 0.1) is 19.3 Å². The highest BCUT2D eigenvalue weighted by Gasteiger charge is 2.47. The summed E-state index contributed by atoms with van der Waals surface area (Å²) in [5, 5.41) is 2.90. The summed E-state index contributed by atoms with van der Waals surface area (Å²) >= 11 is 0. The Morgan fingerprint density at radius 1 is 1.08 bits per heavy atom. The van der Waals surface area contributed by atoms with E-state index in [2.05, 4.69) is 5.32 Å². The van der Waals surface area contributed by atoms with E-state index in [1.54, 1.807) is 44.9 Å². The van der Waals surface area contributed by atoms with E-state index in [1.165, 1.54) is 4.31 Å². The zero-order chi connectivity index (χ0) is 26.1. The Labute approximate surface area is 211 Å².